The summed E-state index contributed by atoms with van der Waals surface area (Å²) in [6.45, 7) is 0.294. The normalized spacial score (nSPS) is 14.3. The summed E-state index contributed by atoms with van der Waals surface area (Å²) in [4.78, 5) is 50.4. The Morgan fingerprint density at radius 1 is 0.806 bits per heavy atom. The molecule has 2 amide bonds. The maximum atomic E-state index is 12.7. The molecule has 0 saturated heterocycles. The summed E-state index contributed by atoms with van der Waals surface area (Å²) in [6.07, 6.45) is 8.22. The van der Waals surface area contributed by atoms with E-state index in [1.54, 1.807) is 36.7 Å². The van der Waals surface area contributed by atoms with Crippen molar-refractivity contribution in [3.63, 3.8) is 0 Å². The van der Waals surface area contributed by atoms with Gasteiger partial charge in [0.15, 0.2) is 11.3 Å². The monoisotopic (exact) mass is 414 g/mol. The molecule has 10 heteroatoms. The lowest BCUT2D eigenvalue weighted by molar-refractivity contribution is 0.0899. The Labute approximate surface area is 176 Å². The number of rotatable bonds is 6. The number of nitrogens with zero attached hydrogens (tertiary/aromatic N) is 6. The van der Waals surface area contributed by atoms with Crippen molar-refractivity contribution in [3.05, 3.63) is 60.4 Å². The average molecular weight is 414 g/mol. The Balaban J connectivity index is 1.26. The molecular weight excluding hydrogens is 396 g/mol. The van der Waals surface area contributed by atoms with Crippen LogP contribution >= 0.6 is 0 Å². The summed E-state index contributed by atoms with van der Waals surface area (Å²) in [5.41, 5.74) is 2.58. The fraction of sp³-hybridized carbons (Fsp3) is 0.238. The molecule has 4 aromatic heterocycles. The molecule has 4 aromatic rings. The Morgan fingerprint density at radius 2 is 1.35 bits per heavy atom. The molecule has 0 aliphatic heterocycles. The van der Waals surface area contributed by atoms with Crippen molar-refractivity contribution in [2.75, 3.05) is 6.54 Å². The van der Waals surface area contributed by atoms with Gasteiger partial charge in [-0.15, -0.1) is 0 Å². The predicted molar refractivity (Wildman–Crippen MR) is 111 cm³/mol. The minimum atomic E-state index is -0.327. The lowest BCUT2D eigenvalue weighted by Gasteiger charge is -2.18. The second-order valence-electron chi connectivity index (χ2n) is 7.32. The third-order valence-corrected chi connectivity index (χ3v) is 5.12. The van der Waals surface area contributed by atoms with Crippen molar-refractivity contribution in [2.45, 2.75) is 18.9 Å². The van der Waals surface area contributed by atoms with Gasteiger partial charge in [-0.3, -0.25) is 19.6 Å². The smallest absolute Gasteiger partial charge is 0.270 e. The largest absolute Gasteiger partial charge is 0.349 e. The zero-order valence-corrected chi connectivity index (χ0v) is 16.4. The van der Waals surface area contributed by atoms with Crippen LogP contribution in [0, 0.1) is 5.92 Å². The fourth-order valence-electron chi connectivity index (χ4n) is 3.33. The maximum absolute atomic E-state index is 12.7. The number of carbonyl (C=O) groups excluding carboxylic acids is 2. The standard InChI is InChI=1S/C21H18N8O2/c30-20(15-5-3-13-18(27-15)24-9-7-22-13)26-11-17(12-1-2-12)29-21(31)16-6-4-14-19(28-16)25-10-8-23-14/h3-10,12,17H,1-2,11H2,(H,26,30)(H,29,31). The van der Waals surface area contributed by atoms with E-state index in [1.807, 2.05) is 0 Å². The van der Waals surface area contributed by atoms with Gasteiger partial charge in [-0.05, 0) is 43.0 Å². The number of carbonyl (C=O) groups is 2. The van der Waals surface area contributed by atoms with E-state index < -0.39 is 0 Å². The van der Waals surface area contributed by atoms with Crippen molar-refractivity contribution in [3.8, 4) is 0 Å². The van der Waals surface area contributed by atoms with Crippen LogP contribution in [0.5, 0.6) is 0 Å². The quantitative estimate of drug-likeness (QED) is 0.482. The maximum Gasteiger partial charge on any atom is 0.270 e. The first-order valence-corrected chi connectivity index (χ1v) is 9.92. The van der Waals surface area contributed by atoms with Crippen molar-refractivity contribution in [2.24, 2.45) is 5.92 Å². The van der Waals surface area contributed by atoms with Crippen LogP contribution in [0.3, 0.4) is 0 Å². The number of hydrogen-bond acceptors (Lipinski definition) is 8. The van der Waals surface area contributed by atoms with E-state index in [-0.39, 0.29) is 29.2 Å². The van der Waals surface area contributed by atoms with Crippen molar-refractivity contribution in [1.82, 2.24) is 40.5 Å². The topological polar surface area (TPSA) is 136 Å². The third-order valence-electron chi connectivity index (χ3n) is 5.12. The van der Waals surface area contributed by atoms with Gasteiger partial charge in [-0.25, -0.2) is 19.9 Å². The zero-order valence-electron chi connectivity index (χ0n) is 16.4. The number of aromatic nitrogens is 6. The average Bonchev–Trinajstić information content (AvgIpc) is 3.66. The first kappa shape index (κ1) is 18.9. The van der Waals surface area contributed by atoms with Gasteiger partial charge in [0.2, 0.25) is 0 Å². The second-order valence-corrected chi connectivity index (χ2v) is 7.32. The molecule has 5 rings (SSSR count). The Hall–Kier alpha value is -4.08. The fourth-order valence-corrected chi connectivity index (χ4v) is 3.33. The van der Waals surface area contributed by atoms with E-state index >= 15 is 0 Å². The van der Waals surface area contributed by atoms with Gasteiger partial charge < -0.3 is 10.6 Å². The van der Waals surface area contributed by atoms with E-state index in [0.29, 0.717) is 34.8 Å². The van der Waals surface area contributed by atoms with Crippen LogP contribution in [-0.4, -0.2) is 54.3 Å². The molecule has 31 heavy (non-hydrogen) atoms. The Bertz CT molecular complexity index is 1290. The lowest BCUT2D eigenvalue weighted by Crippen LogP contribution is -2.45. The highest BCUT2D eigenvalue weighted by atomic mass is 16.2. The van der Waals surface area contributed by atoms with Crippen LogP contribution in [0.2, 0.25) is 0 Å². The molecule has 0 spiro atoms. The van der Waals surface area contributed by atoms with Gasteiger partial charge in [0.25, 0.3) is 11.8 Å². The number of nitrogens with one attached hydrogen (secondary N) is 2. The van der Waals surface area contributed by atoms with Crippen molar-refractivity contribution >= 4 is 34.1 Å². The van der Waals surface area contributed by atoms with Crippen LogP contribution in [-0.2, 0) is 0 Å². The van der Waals surface area contributed by atoms with E-state index in [0.717, 1.165) is 12.8 Å². The second kappa shape index (κ2) is 7.98. The van der Waals surface area contributed by atoms with Gasteiger partial charge in [0, 0.05) is 37.4 Å². The van der Waals surface area contributed by atoms with Crippen LogP contribution in [0.15, 0.2) is 49.1 Å². The van der Waals surface area contributed by atoms with Crippen LogP contribution in [0.1, 0.15) is 33.8 Å². The minimum absolute atomic E-state index is 0.198. The SMILES string of the molecule is O=C(NCC(NC(=O)c1ccc2nccnc2n1)C1CC1)c1ccc2nccnc2n1. The van der Waals surface area contributed by atoms with Crippen LogP contribution < -0.4 is 10.6 Å². The van der Waals surface area contributed by atoms with Crippen LogP contribution in [0.4, 0.5) is 0 Å². The first-order valence-electron chi connectivity index (χ1n) is 9.92. The molecule has 1 atom stereocenters. The molecule has 4 heterocycles. The Morgan fingerprint density at radius 3 is 1.94 bits per heavy atom. The molecule has 2 N–H and O–H groups in total. The summed E-state index contributed by atoms with van der Waals surface area (Å²) in [5, 5.41) is 5.85. The number of fused-ring (bicyclic) bond motifs is 2. The highest BCUT2D eigenvalue weighted by molar-refractivity contribution is 5.95. The molecule has 1 unspecified atom stereocenters. The number of amides is 2. The first-order chi connectivity index (χ1) is 15.2. The summed E-state index contributed by atoms with van der Waals surface area (Å²) in [6, 6.07) is 6.45. The minimum Gasteiger partial charge on any atom is -0.349 e. The molecule has 0 bridgehead atoms. The molecule has 0 radical (unpaired) electrons. The van der Waals surface area contributed by atoms with Gasteiger partial charge >= 0.3 is 0 Å². The number of pyridine rings is 2. The van der Waals surface area contributed by atoms with E-state index in [2.05, 4.69) is 40.5 Å². The van der Waals surface area contributed by atoms with E-state index in [4.69, 9.17) is 0 Å². The van der Waals surface area contributed by atoms with Gasteiger partial charge in [-0.2, -0.15) is 0 Å². The molecule has 1 aliphatic carbocycles. The van der Waals surface area contributed by atoms with Gasteiger partial charge in [-0.1, -0.05) is 0 Å². The van der Waals surface area contributed by atoms with Crippen LogP contribution in [0.25, 0.3) is 22.3 Å². The summed E-state index contributed by atoms with van der Waals surface area (Å²) >= 11 is 0. The van der Waals surface area contributed by atoms with E-state index in [9.17, 15) is 9.59 Å². The molecule has 154 valence electrons. The van der Waals surface area contributed by atoms with E-state index in [1.165, 1.54) is 12.4 Å². The third kappa shape index (κ3) is 4.13. The Kier molecular flexibility index (Phi) is 4.87. The molecular formula is C21H18N8O2. The van der Waals surface area contributed by atoms with Crippen molar-refractivity contribution in [1.29, 1.82) is 0 Å². The van der Waals surface area contributed by atoms with Gasteiger partial charge in [0.1, 0.15) is 22.4 Å². The number of hydrogen-bond donors (Lipinski definition) is 2. The molecule has 1 saturated carbocycles. The molecule has 0 aromatic carbocycles. The zero-order chi connectivity index (χ0) is 21.2. The van der Waals surface area contributed by atoms with Crippen molar-refractivity contribution < 1.29 is 9.59 Å². The van der Waals surface area contributed by atoms with Gasteiger partial charge in [0.05, 0.1) is 0 Å². The predicted octanol–water partition coefficient (Wildman–Crippen LogP) is 1.30. The highest BCUT2D eigenvalue weighted by Crippen LogP contribution is 2.32. The molecule has 1 aliphatic rings. The molecule has 1 fully saturated rings. The highest BCUT2D eigenvalue weighted by Gasteiger charge is 2.33. The lowest BCUT2D eigenvalue weighted by atomic mass is 10.1. The summed E-state index contributed by atoms with van der Waals surface area (Å²) < 4.78 is 0. The molecule has 10 nitrogen and oxygen atoms in total. The summed E-state index contributed by atoms with van der Waals surface area (Å²) in [5.74, 6) is -0.315. The summed E-state index contributed by atoms with van der Waals surface area (Å²) in [7, 11) is 0.